The lowest BCUT2D eigenvalue weighted by Gasteiger charge is -2.05. The summed E-state index contributed by atoms with van der Waals surface area (Å²) < 4.78 is 27.6. The van der Waals surface area contributed by atoms with Crippen molar-refractivity contribution >= 4 is 21.1 Å². The van der Waals surface area contributed by atoms with Gasteiger partial charge >= 0.3 is 0 Å². The molecule has 2 heterocycles. The highest BCUT2D eigenvalue weighted by Gasteiger charge is 2.16. The molecule has 2 N–H and O–H groups in total. The van der Waals surface area contributed by atoms with Gasteiger partial charge in [0.15, 0.2) is 11.2 Å². The van der Waals surface area contributed by atoms with E-state index in [1.807, 2.05) is 13.0 Å². The van der Waals surface area contributed by atoms with E-state index in [0.717, 1.165) is 5.69 Å². The van der Waals surface area contributed by atoms with Gasteiger partial charge in [-0.05, 0) is 25.5 Å². The first-order valence-electron chi connectivity index (χ1n) is 5.52. The summed E-state index contributed by atoms with van der Waals surface area (Å²) in [5.74, 6) is 0.339. The minimum absolute atomic E-state index is 0.0132. The van der Waals surface area contributed by atoms with Crippen molar-refractivity contribution in [1.29, 1.82) is 0 Å². The number of fused-ring (bicyclic) bond motifs is 1. The molecule has 0 aromatic carbocycles. The second-order valence-electron chi connectivity index (χ2n) is 4.35. The molecule has 0 radical (unpaired) electrons. The van der Waals surface area contributed by atoms with Crippen molar-refractivity contribution in [2.45, 2.75) is 19.4 Å². The number of sulfone groups is 1. The maximum atomic E-state index is 11.1. The molecule has 0 aliphatic rings. The molecule has 0 saturated carbocycles. The van der Waals surface area contributed by atoms with Gasteiger partial charge in [0.05, 0.1) is 11.8 Å². The Labute approximate surface area is 105 Å². The van der Waals surface area contributed by atoms with E-state index in [9.17, 15) is 8.42 Å². The Hall–Kier alpha value is -1.47. The lowest BCUT2D eigenvalue weighted by molar-refractivity contribution is 0.468. The van der Waals surface area contributed by atoms with Crippen LogP contribution in [0.15, 0.2) is 16.5 Å². The molecule has 2 rings (SSSR count). The molecule has 0 bridgehead atoms. The third kappa shape index (κ3) is 3.05. The van der Waals surface area contributed by atoms with Crippen molar-refractivity contribution in [2.24, 2.45) is 5.73 Å². The number of hydrogen-bond donors (Lipinski definition) is 1. The van der Waals surface area contributed by atoms with E-state index in [2.05, 4.69) is 9.97 Å². The summed E-state index contributed by atoms with van der Waals surface area (Å²) in [4.78, 5) is 8.39. The van der Waals surface area contributed by atoms with Gasteiger partial charge < -0.3 is 10.2 Å². The molecule has 7 heteroatoms. The van der Waals surface area contributed by atoms with Crippen LogP contribution in [0.4, 0.5) is 0 Å². The second-order valence-corrected chi connectivity index (χ2v) is 6.61. The normalized spacial score (nSPS) is 13.9. The number of aromatic nitrogens is 2. The molecule has 0 aliphatic heterocycles. The molecule has 0 aliphatic carbocycles. The average Bonchev–Trinajstić information content (AvgIpc) is 2.67. The minimum atomic E-state index is -3.03. The molecule has 98 valence electrons. The van der Waals surface area contributed by atoms with Crippen molar-refractivity contribution in [3.05, 3.63) is 23.7 Å². The van der Waals surface area contributed by atoms with E-state index in [0.29, 0.717) is 17.1 Å². The van der Waals surface area contributed by atoms with Gasteiger partial charge in [-0.1, -0.05) is 0 Å². The predicted molar refractivity (Wildman–Crippen MR) is 67.8 cm³/mol. The molecule has 1 atom stereocenters. The number of aryl methyl sites for hydroxylation is 1. The van der Waals surface area contributed by atoms with Gasteiger partial charge in [0.2, 0.25) is 5.89 Å². The molecule has 0 saturated heterocycles. The fourth-order valence-electron chi connectivity index (χ4n) is 1.55. The van der Waals surface area contributed by atoms with E-state index in [1.165, 1.54) is 6.26 Å². The molecule has 18 heavy (non-hydrogen) atoms. The summed E-state index contributed by atoms with van der Waals surface area (Å²) in [5.41, 5.74) is 7.76. The molecule has 0 fully saturated rings. The van der Waals surface area contributed by atoms with Crippen LogP contribution in [-0.4, -0.2) is 30.4 Å². The van der Waals surface area contributed by atoms with E-state index < -0.39 is 15.9 Å². The van der Waals surface area contributed by atoms with Crippen LogP contribution < -0.4 is 5.73 Å². The molecular formula is C11H15N3O3S. The highest BCUT2D eigenvalue weighted by Crippen LogP contribution is 2.20. The summed E-state index contributed by atoms with van der Waals surface area (Å²) in [6.07, 6.45) is 1.46. The predicted octanol–water partition coefficient (Wildman–Crippen LogP) is 0.966. The SMILES string of the molecule is Cc1ccc2oc(C(N)CCS(C)(=O)=O)nc2n1. The number of pyridine rings is 1. The van der Waals surface area contributed by atoms with Crippen LogP contribution in [0.1, 0.15) is 24.0 Å². The Balaban J connectivity index is 2.20. The third-order valence-corrected chi connectivity index (χ3v) is 3.50. The number of nitrogens with zero attached hydrogens (tertiary/aromatic N) is 2. The van der Waals surface area contributed by atoms with Crippen molar-refractivity contribution < 1.29 is 12.8 Å². The zero-order chi connectivity index (χ0) is 13.3. The third-order valence-electron chi connectivity index (χ3n) is 2.53. The Kier molecular flexibility index (Phi) is 3.36. The maximum absolute atomic E-state index is 11.1. The fourth-order valence-corrected chi connectivity index (χ4v) is 2.24. The largest absolute Gasteiger partial charge is 0.437 e. The highest BCUT2D eigenvalue weighted by molar-refractivity contribution is 7.90. The Morgan fingerprint density at radius 2 is 2.11 bits per heavy atom. The zero-order valence-corrected chi connectivity index (χ0v) is 11.1. The van der Waals surface area contributed by atoms with Gasteiger partial charge in [-0.3, -0.25) is 0 Å². The standard InChI is InChI=1S/C11H15N3O3S/c1-7-3-4-9-10(13-7)14-11(17-9)8(12)5-6-18(2,15)16/h3-4,8H,5-6,12H2,1-2H3. The summed E-state index contributed by atoms with van der Waals surface area (Å²) in [6.45, 7) is 1.86. The fraction of sp³-hybridized carbons (Fsp3) is 0.455. The van der Waals surface area contributed by atoms with Gasteiger partial charge in [-0.2, -0.15) is 4.98 Å². The lowest BCUT2D eigenvalue weighted by atomic mass is 10.2. The molecule has 0 spiro atoms. The van der Waals surface area contributed by atoms with Crippen molar-refractivity contribution in [2.75, 3.05) is 12.0 Å². The monoisotopic (exact) mass is 269 g/mol. The zero-order valence-electron chi connectivity index (χ0n) is 10.3. The molecule has 2 aromatic heterocycles. The summed E-state index contributed by atoms with van der Waals surface area (Å²) in [5, 5.41) is 0. The van der Waals surface area contributed by atoms with Gasteiger partial charge in [-0.25, -0.2) is 13.4 Å². The number of nitrogens with two attached hydrogens (primary N) is 1. The van der Waals surface area contributed by atoms with Crippen LogP contribution in [0.3, 0.4) is 0 Å². The Morgan fingerprint density at radius 3 is 2.78 bits per heavy atom. The average molecular weight is 269 g/mol. The summed E-state index contributed by atoms with van der Waals surface area (Å²) >= 11 is 0. The molecule has 1 unspecified atom stereocenters. The van der Waals surface area contributed by atoms with Crippen LogP contribution in [0.25, 0.3) is 11.2 Å². The molecule has 2 aromatic rings. The first-order chi connectivity index (χ1) is 8.35. The number of oxazole rings is 1. The van der Waals surface area contributed by atoms with Crippen LogP contribution >= 0.6 is 0 Å². The van der Waals surface area contributed by atoms with E-state index in [-0.39, 0.29) is 12.2 Å². The van der Waals surface area contributed by atoms with Crippen molar-refractivity contribution in [1.82, 2.24) is 9.97 Å². The van der Waals surface area contributed by atoms with Crippen molar-refractivity contribution in [3.63, 3.8) is 0 Å². The van der Waals surface area contributed by atoms with Gasteiger partial charge in [0, 0.05) is 11.9 Å². The van der Waals surface area contributed by atoms with Crippen LogP contribution in [0.5, 0.6) is 0 Å². The van der Waals surface area contributed by atoms with Crippen molar-refractivity contribution in [3.8, 4) is 0 Å². The van der Waals surface area contributed by atoms with Crippen LogP contribution in [-0.2, 0) is 9.84 Å². The highest BCUT2D eigenvalue weighted by atomic mass is 32.2. The van der Waals surface area contributed by atoms with Gasteiger partial charge in [0.1, 0.15) is 9.84 Å². The summed E-state index contributed by atoms with van der Waals surface area (Å²) in [6, 6.07) is 3.06. The van der Waals surface area contributed by atoms with Gasteiger partial charge in [0.25, 0.3) is 0 Å². The summed E-state index contributed by atoms with van der Waals surface area (Å²) in [7, 11) is -3.03. The van der Waals surface area contributed by atoms with Crippen LogP contribution in [0, 0.1) is 6.92 Å². The Morgan fingerprint density at radius 1 is 1.39 bits per heavy atom. The number of rotatable bonds is 4. The quantitative estimate of drug-likeness (QED) is 0.887. The van der Waals surface area contributed by atoms with E-state index >= 15 is 0 Å². The Bertz CT molecular complexity index is 663. The minimum Gasteiger partial charge on any atom is -0.437 e. The van der Waals surface area contributed by atoms with Crippen LogP contribution in [0.2, 0.25) is 0 Å². The lowest BCUT2D eigenvalue weighted by Crippen LogP contribution is -2.15. The first kappa shape index (κ1) is 13.0. The topological polar surface area (TPSA) is 99.1 Å². The smallest absolute Gasteiger partial charge is 0.214 e. The first-order valence-corrected chi connectivity index (χ1v) is 7.58. The van der Waals surface area contributed by atoms with E-state index in [1.54, 1.807) is 6.07 Å². The second kappa shape index (κ2) is 4.66. The molecular weight excluding hydrogens is 254 g/mol. The van der Waals surface area contributed by atoms with Gasteiger partial charge in [-0.15, -0.1) is 0 Å². The number of hydrogen-bond acceptors (Lipinski definition) is 6. The molecule has 6 nitrogen and oxygen atoms in total. The maximum Gasteiger partial charge on any atom is 0.214 e. The molecule has 0 amide bonds. The van der Waals surface area contributed by atoms with E-state index in [4.69, 9.17) is 10.2 Å².